The molecule has 0 aromatic heterocycles. The van der Waals surface area contributed by atoms with Crippen molar-refractivity contribution in [2.45, 2.75) is 58.2 Å². The van der Waals surface area contributed by atoms with Gasteiger partial charge in [0.1, 0.15) is 4.93 Å². The molecule has 2 rings (SSSR count). The van der Waals surface area contributed by atoms with E-state index in [4.69, 9.17) is 4.43 Å². The van der Waals surface area contributed by atoms with Gasteiger partial charge in [0.2, 0.25) is 0 Å². The third-order valence-electron chi connectivity index (χ3n) is 3.41. The summed E-state index contributed by atoms with van der Waals surface area (Å²) in [7, 11) is -1.67. The van der Waals surface area contributed by atoms with E-state index in [1.165, 1.54) is 10.5 Å². The summed E-state index contributed by atoms with van der Waals surface area (Å²) in [5.74, 6) is 0. The second kappa shape index (κ2) is 10.2. The molecule has 0 aromatic carbocycles. The van der Waals surface area contributed by atoms with Crippen LogP contribution in [-0.4, -0.2) is 13.3 Å². The first-order valence-electron chi connectivity index (χ1n) is 7.67. The van der Waals surface area contributed by atoms with E-state index in [0.29, 0.717) is 0 Å². The number of rotatable bonds is 4. The fourth-order valence-electron chi connectivity index (χ4n) is 2.79. The molecule has 0 bridgehead atoms. The maximum atomic E-state index is 6.75. The van der Waals surface area contributed by atoms with Crippen molar-refractivity contribution in [2.75, 3.05) is 0 Å². The Hall–Kier alpha value is 0.781. The number of allylic oxidation sites excluding steroid dienone is 5. The van der Waals surface area contributed by atoms with E-state index >= 15 is 0 Å². The van der Waals surface area contributed by atoms with Crippen LogP contribution in [0.5, 0.6) is 0 Å². The van der Waals surface area contributed by atoms with Gasteiger partial charge in [0.25, 0.3) is 0 Å². The first-order valence-corrected chi connectivity index (χ1v) is 11.9. The fourth-order valence-corrected chi connectivity index (χ4v) is 6.22. The van der Waals surface area contributed by atoms with Gasteiger partial charge >= 0.3 is 21.7 Å². The largest absolute Gasteiger partial charge is 3.00 e. The third-order valence-corrected chi connectivity index (χ3v) is 5.82. The van der Waals surface area contributed by atoms with Crippen LogP contribution in [0.3, 0.4) is 0 Å². The van der Waals surface area contributed by atoms with Crippen LogP contribution in [0.1, 0.15) is 33.6 Å². The molecule has 2 aliphatic rings. The van der Waals surface area contributed by atoms with E-state index in [1.54, 1.807) is 0 Å². The van der Waals surface area contributed by atoms with Crippen LogP contribution in [0.15, 0.2) is 40.9 Å². The maximum absolute atomic E-state index is 6.75. The SMILES string of the molecule is CC(C)(C)C1=CC=CCC1(O[Si](C)(C)C)SC1=[C-]CC=C1.[Cl-].[Cl-].[Ti+3]. The summed E-state index contributed by atoms with van der Waals surface area (Å²) in [4.78, 5) is 0.952. The molecule has 1 atom stereocenters. The Labute approximate surface area is 180 Å². The van der Waals surface area contributed by atoms with Crippen molar-refractivity contribution >= 4 is 20.1 Å². The zero-order chi connectivity index (χ0) is 15.7. The van der Waals surface area contributed by atoms with Gasteiger partial charge in [-0.2, -0.15) is 11.0 Å². The van der Waals surface area contributed by atoms with Crippen molar-refractivity contribution in [2.24, 2.45) is 5.41 Å². The van der Waals surface area contributed by atoms with E-state index in [0.717, 1.165) is 12.8 Å². The number of hydrogen-bond acceptors (Lipinski definition) is 2. The molecule has 0 aromatic rings. The van der Waals surface area contributed by atoms with Gasteiger partial charge in [-0.3, -0.25) is 6.08 Å². The van der Waals surface area contributed by atoms with E-state index in [1.807, 2.05) is 11.8 Å². The third kappa shape index (κ3) is 7.19. The minimum atomic E-state index is -1.67. The van der Waals surface area contributed by atoms with Gasteiger partial charge in [-0.05, 0) is 30.6 Å². The second-order valence-corrected chi connectivity index (χ2v) is 13.4. The Morgan fingerprint density at radius 2 is 1.79 bits per heavy atom. The molecule has 0 saturated carbocycles. The van der Waals surface area contributed by atoms with Crippen LogP contribution in [0.4, 0.5) is 0 Å². The van der Waals surface area contributed by atoms with Gasteiger partial charge in [0, 0.05) is 6.42 Å². The van der Waals surface area contributed by atoms with Crippen molar-refractivity contribution in [3.05, 3.63) is 46.9 Å². The second-order valence-electron chi connectivity index (χ2n) is 7.68. The van der Waals surface area contributed by atoms with E-state index < -0.39 is 8.32 Å². The standard InChI is InChI=1S/C18H27OSSi.2ClH.Ti/c1-17(2,3)16-13-9-10-14-18(16,19-21(4,5)6)20-15-11-7-8-12-15;;;/h7,9-11,13H,8,14H2,1-6H3;2*1H;/q-1;;;+3/p-2. The van der Waals surface area contributed by atoms with Crippen LogP contribution in [0.2, 0.25) is 19.6 Å². The summed E-state index contributed by atoms with van der Waals surface area (Å²) >= 11 is 1.85. The van der Waals surface area contributed by atoms with Crippen LogP contribution < -0.4 is 24.8 Å². The molecule has 6 heteroatoms. The Bertz CT molecular complexity index is 530. The minimum Gasteiger partial charge on any atom is -1.00 e. The molecule has 1 unspecified atom stereocenters. The Morgan fingerprint density at radius 3 is 2.25 bits per heavy atom. The molecule has 1 radical (unpaired) electrons. The Kier molecular flexibility index (Phi) is 11.5. The molecular weight excluding hydrogens is 411 g/mol. The molecule has 1 nitrogen and oxygen atoms in total. The van der Waals surface area contributed by atoms with Crippen molar-refractivity contribution in [3.8, 4) is 0 Å². The molecule has 0 N–H and O–H groups in total. The molecule has 0 amide bonds. The first kappa shape index (κ1) is 27.0. The Morgan fingerprint density at radius 1 is 1.17 bits per heavy atom. The summed E-state index contributed by atoms with van der Waals surface area (Å²) in [6.45, 7) is 13.7. The average molecular weight is 438 g/mol. The number of halogens is 2. The molecule has 24 heavy (non-hydrogen) atoms. The zero-order valence-corrected chi connectivity index (χ0v) is 20.3. The first-order chi connectivity index (χ1) is 9.62. The monoisotopic (exact) mass is 437 g/mol. The van der Waals surface area contributed by atoms with E-state index in [-0.39, 0.29) is 56.9 Å². The zero-order valence-electron chi connectivity index (χ0n) is 15.4. The Balaban J connectivity index is 0. The molecule has 133 valence electrons. The topological polar surface area (TPSA) is 9.23 Å². The quantitative estimate of drug-likeness (QED) is 0.343. The van der Waals surface area contributed by atoms with Gasteiger partial charge < -0.3 is 29.2 Å². The van der Waals surface area contributed by atoms with Crippen LogP contribution in [0.25, 0.3) is 0 Å². The number of thioether (sulfide) groups is 1. The predicted octanol–water partition coefficient (Wildman–Crippen LogP) is -0.148. The van der Waals surface area contributed by atoms with Crippen LogP contribution in [0, 0.1) is 11.5 Å². The van der Waals surface area contributed by atoms with Crippen LogP contribution >= 0.6 is 11.8 Å². The molecule has 2 aliphatic carbocycles. The molecule has 0 saturated heterocycles. The summed E-state index contributed by atoms with van der Waals surface area (Å²) in [5.41, 5.74) is 1.49. The summed E-state index contributed by atoms with van der Waals surface area (Å²) < 4.78 is 6.75. The smallest absolute Gasteiger partial charge is 1.00 e. The van der Waals surface area contributed by atoms with Crippen molar-refractivity contribution in [1.82, 2.24) is 0 Å². The number of hydrogen-bond donors (Lipinski definition) is 0. The van der Waals surface area contributed by atoms with Crippen molar-refractivity contribution < 1.29 is 51.0 Å². The average Bonchev–Trinajstić information content (AvgIpc) is 2.78. The van der Waals surface area contributed by atoms with E-state index in [9.17, 15) is 0 Å². The summed E-state index contributed by atoms with van der Waals surface area (Å²) in [6, 6.07) is 0. The van der Waals surface area contributed by atoms with Gasteiger partial charge in [0.05, 0.1) is 0 Å². The van der Waals surface area contributed by atoms with Gasteiger partial charge in [-0.1, -0.05) is 39.0 Å². The maximum Gasteiger partial charge on any atom is 3.00 e. The predicted molar refractivity (Wildman–Crippen MR) is 96.6 cm³/mol. The van der Waals surface area contributed by atoms with E-state index in [2.05, 4.69) is 76.9 Å². The molecule has 0 fully saturated rings. The summed E-state index contributed by atoms with van der Waals surface area (Å²) in [5, 5.41) is 0. The molecule has 0 spiro atoms. The molecule has 0 heterocycles. The molecular formula is C18H27Cl2OSSiTi. The van der Waals surface area contributed by atoms with Crippen molar-refractivity contribution in [1.29, 1.82) is 0 Å². The minimum absolute atomic E-state index is 0. The van der Waals surface area contributed by atoms with Gasteiger partial charge in [-0.25, -0.2) is 6.08 Å². The fraction of sp³-hybridized carbons (Fsp3) is 0.556. The van der Waals surface area contributed by atoms with Gasteiger partial charge in [-0.15, -0.1) is 18.2 Å². The normalized spacial score (nSPS) is 22.8. The van der Waals surface area contributed by atoms with Crippen molar-refractivity contribution in [3.63, 3.8) is 0 Å². The summed E-state index contributed by atoms with van der Waals surface area (Å²) in [6.07, 6.45) is 16.3. The molecule has 0 aliphatic heterocycles. The van der Waals surface area contributed by atoms with Crippen LogP contribution in [-0.2, 0) is 26.1 Å². The van der Waals surface area contributed by atoms with Gasteiger partial charge in [0.15, 0.2) is 8.32 Å².